The average Bonchev–Trinajstić information content (AvgIpc) is 3.06. The van der Waals surface area contributed by atoms with Gasteiger partial charge in [-0.1, -0.05) is 32.0 Å². The van der Waals surface area contributed by atoms with E-state index in [0.29, 0.717) is 5.56 Å². The van der Waals surface area contributed by atoms with E-state index in [2.05, 4.69) is 13.8 Å². The van der Waals surface area contributed by atoms with Gasteiger partial charge in [-0.3, -0.25) is 4.79 Å². The quantitative estimate of drug-likeness (QED) is 0.630. The largest absolute Gasteiger partial charge is 0.421 e. The average molecular weight is 400 g/mol. The predicted octanol–water partition coefficient (Wildman–Crippen LogP) is 2.21. The molecule has 1 heterocycles. The van der Waals surface area contributed by atoms with Gasteiger partial charge in [0.25, 0.3) is 5.91 Å². The SMILES string of the molecule is CC1(C)Cc2cc(OC(=O)c3ccccc3)c(N3CC(=O)NS3(=O)=O)cc2C1. The van der Waals surface area contributed by atoms with E-state index in [1.165, 1.54) is 0 Å². The third-order valence-electron chi connectivity index (χ3n) is 4.92. The highest BCUT2D eigenvalue weighted by atomic mass is 32.2. The number of benzene rings is 2. The van der Waals surface area contributed by atoms with Crippen LogP contribution in [0.5, 0.6) is 5.75 Å². The molecule has 0 spiro atoms. The lowest BCUT2D eigenvalue weighted by molar-refractivity contribution is -0.117. The van der Waals surface area contributed by atoms with Crippen molar-refractivity contribution in [3.05, 3.63) is 59.2 Å². The zero-order valence-electron chi connectivity index (χ0n) is 15.6. The summed E-state index contributed by atoms with van der Waals surface area (Å²) < 4.78 is 33.2. The van der Waals surface area contributed by atoms with Gasteiger partial charge in [0.2, 0.25) is 0 Å². The van der Waals surface area contributed by atoms with Gasteiger partial charge in [0.05, 0.1) is 11.3 Å². The van der Waals surface area contributed by atoms with Crippen LogP contribution in [0.15, 0.2) is 42.5 Å². The maximum absolute atomic E-state index is 12.6. The van der Waals surface area contributed by atoms with Crippen molar-refractivity contribution in [3.8, 4) is 5.75 Å². The maximum atomic E-state index is 12.6. The van der Waals surface area contributed by atoms with Gasteiger partial charge in [-0.25, -0.2) is 13.8 Å². The van der Waals surface area contributed by atoms with Crippen LogP contribution in [0.3, 0.4) is 0 Å². The standard InChI is InChI=1S/C20H20N2O5S/c1-20(2)10-14-8-16(22-12-18(23)21-28(22,25)26)17(9-15(14)11-20)27-19(24)13-6-4-3-5-7-13/h3-9H,10-12H2,1-2H3,(H,21,23). The van der Waals surface area contributed by atoms with Crippen LogP contribution in [0.25, 0.3) is 0 Å². The zero-order valence-corrected chi connectivity index (χ0v) is 16.4. The van der Waals surface area contributed by atoms with E-state index >= 15 is 0 Å². The van der Waals surface area contributed by atoms with E-state index in [1.807, 2.05) is 4.72 Å². The van der Waals surface area contributed by atoms with Crippen molar-refractivity contribution in [3.63, 3.8) is 0 Å². The highest BCUT2D eigenvalue weighted by Crippen LogP contribution is 2.43. The Morgan fingerprint density at radius 1 is 1.11 bits per heavy atom. The summed E-state index contributed by atoms with van der Waals surface area (Å²) in [7, 11) is -4.02. The molecule has 146 valence electrons. The Hall–Kier alpha value is -2.87. The summed E-state index contributed by atoms with van der Waals surface area (Å²) in [4.78, 5) is 24.3. The number of nitrogens with one attached hydrogen (secondary N) is 1. The lowest BCUT2D eigenvalue weighted by Gasteiger charge is -2.20. The third kappa shape index (κ3) is 3.35. The summed E-state index contributed by atoms with van der Waals surface area (Å²) in [6.07, 6.45) is 1.57. The van der Waals surface area contributed by atoms with Gasteiger partial charge in [-0.2, -0.15) is 8.42 Å². The predicted molar refractivity (Wildman–Crippen MR) is 103 cm³/mol. The fourth-order valence-corrected chi connectivity index (χ4v) is 4.90. The van der Waals surface area contributed by atoms with Crippen molar-refractivity contribution in [2.24, 2.45) is 5.41 Å². The summed E-state index contributed by atoms with van der Waals surface area (Å²) in [6, 6.07) is 11.9. The van der Waals surface area contributed by atoms with E-state index < -0.39 is 22.1 Å². The van der Waals surface area contributed by atoms with Gasteiger partial charge in [-0.15, -0.1) is 0 Å². The fraction of sp³-hybridized carbons (Fsp3) is 0.300. The molecule has 1 saturated heterocycles. The Balaban J connectivity index is 1.78. The Morgan fingerprint density at radius 2 is 1.75 bits per heavy atom. The molecule has 8 heteroatoms. The van der Waals surface area contributed by atoms with Crippen molar-refractivity contribution in [1.82, 2.24) is 4.72 Å². The Morgan fingerprint density at radius 3 is 2.36 bits per heavy atom. The molecule has 0 saturated carbocycles. The zero-order chi connectivity index (χ0) is 20.1. The molecule has 28 heavy (non-hydrogen) atoms. The monoisotopic (exact) mass is 400 g/mol. The molecule has 1 aliphatic heterocycles. The number of esters is 1. The number of hydrogen-bond acceptors (Lipinski definition) is 5. The number of carbonyl (C=O) groups excluding carboxylic acids is 2. The summed E-state index contributed by atoms with van der Waals surface area (Å²) in [6.45, 7) is 3.90. The van der Waals surface area contributed by atoms with Crippen LogP contribution in [0.1, 0.15) is 35.3 Å². The van der Waals surface area contributed by atoms with Gasteiger partial charge in [-0.05, 0) is 53.6 Å². The van der Waals surface area contributed by atoms with Crippen molar-refractivity contribution >= 4 is 27.8 Å². The van der Waals surface area contributed by atoms with Gasteiger partial charge in [0.15, 0.2) is 5.75 Å². The molecule has 2 aromatic rings. The van der Waals surface area contributed by atoms with Gasteiger partial charge in [0, 0.05) is 0 Å². The number of carbonyl (C=O) groups is 2. The molecular formula is C20H20N2O5S. The van der Waals surface area contributed by atoms with Crippen molar-refractivity contribution in [2.45, 2.75) is 26.7 Å². The number of rotatable bonds is 3. The van der Waals surface area contributed by atoms with Gasteiger partial charge < -0.3 is 4.74 Å². The summed E-state index contributed by atoms with van der Waals surface area (Å²) in [5.74, 6) is -1.08. The van der Waals surface area contributed by atoms with Crippen LogP contribution >= 0.6 is 0 Å². The number of fused-ring (bicyclic) bond motifs is 1. The van der Waals surface area contributed by atoms with Crippen LogP contribution in [-0.2, 0) is 27.8 Å². The molecule has 0 atom stereocenters. The highest BCUT2D eigenvalue weighted by Gasteiger charge is 2.38. The van der Waals surface area contributed by atoms with E-state index in [9.17, 15) is 18.0 Å². The highest BCUT2D eigenvalue weighted by molar-refractivity contribution is 7.92. The van der Waals surface area contributed by atoms with E-state index in [4.69, 9.17) is 4.74 Å². The molecule has 1 aliphatic carbocycles. The van der Waals surface area contributed by atoms with Crippen LogP contribution < -0.4 is 13.8 Å². The van der Waals surface area contributed by atoms with E-state index in [0.717, 1.165) is 28.3 Å². The number of amides is 1. The Kier molecular flexibility index (Phi) is 4.19. The fourth-order valence-electron chi connectivity index (χ4n) is 3.75. The minimum Gasteiger partial charge on any atom is -0.421 e. The molecule has 1 fully saturated rings. The molecule has 1 N–H and O–H groups in total. The lowest BCUT2D eigenvalue weighted by atomic mass is 9.90. The normalized spacial score (nSPS) is 19.2. The summed E-state index contributed by atoms with van der Waals surface area (Å²) in [5.41, 5.74) is 2.58. The smallest absolute Gasteiger partial charge is 0.343 e. The molecule has 7 nitrogen and oxygen atoms in total. The van der Waals surface area contributed by atoms with Crippen LogP contribution in [0.4, 0.5) is 5.69 Å². The van der Waals surface area contributed by atoms with Gasteiger partial charge >= 0.3 is 16.2 Å². The number of hydrogen-bond donors (Lipinski definition) is 1. The summed E-state index contributed by atoms with van der Waals surface area (Å²) in [5, 5.41) is 0. The Labute approximate surface area is 163 Å². The number of anilines is 1. The first kappa shape index (κ1) is 18.5. The minimum atomic E-state index is -4.02. The maximum Gasteiger partial charge on any atom is 0.343 e. The molecule has 0 aromatic heterocycles. The second kappa shape index (κ2) is 6.34. The van der Waals surface area contributed by atoms with Crippen LogP contribution in [0, 0.1) is 5.41 Å². The van der Waals surface area contributed by atoms with E-state index in [1.54, 1.807) is 42.5 Å². The summed E-state index contributed by atoms with van der Waals surface area (Å²) >= 11 is 0. The second-order valence-corrected chi connectivity index (χ2v) is 9.49. The second-order valence-electron chi connectivity index (χ2n) is 7.90. The number of ether oxygens (including phenoxy) is 1. The first-order valence-corrected chi connectivity index (χ1v) is 10.3. The lowest BCUT2D eigenvalue weighted by Crippen LogP contribution is -2.30. The molecular weight excluding hydrogens is 380 g/mol. The van der Waals surface area contributed by atoms with Crippen molar-refractivity contribution in [2.75, 3.05) is 10.8 Å². The topological polar surface area (TPSA) is 92.8 Å². The minimum absolute atomic E-state index is 0.0274. The van der Waals surface area contributed by atoms with E-state index in [-0.39, 0.29) is 23.4 Å². The molecule has 4 rings (SSSR count). The molecule has 2 aliphatic rings. The molecule has 2 aromatic carbocycles. The van der Waals surface area contributed by atoms with Gasteiger partial charge in [0.1, 0.15) is 6.54 Å². The molecule has 1 amide bonds. The van der Waals surface area contributed by atoms with Crippen LogP contribution in [-0.4, -0.2) is 26.8 Å². The first-order chi connectivity index (χ1) is 13.1. The molecule has 0 bridgehead atoms. The van der Waals surface area contributed by atoms with Crippen molar-refractivity contribution in [1.29, 1.82) is 0 Å². The molecule has 0 radical (unpaired) electrons. The van der Waals surface area contributed by atoms with Crippen molar-refractivity contribution < 1.29 is 22.7 Å². The molecule has 0 unspecified atom stereocenters. The Bertz CT molecular complexity index is 1080. The third-order valence-corrected chi connectivity index (χ3v) is 6.31. The van der Waals surface area contributed by atoms with Crippen LogP contribution in [0.2, 0.25) is 0 Å². The number of nitrogens with zero attached hydrogens (tertiary/aromatic N) is 1. The first-order valence-electron chi connectivity index (χ1n) is 8.91.